The zero-order valence-electron chi connectivity index (χ0n) is 13.6. The predicted molar refractivity (Wildman–Crippen MR) is 86.7 cm³/mol. The molecule has 1 heterocycles. The maximum absolute atomic E-state index is 12.6. The van der Waals surface area contributed by atoms with E-state index >= 15 is 0 Å². The van der Waals surface area contributed by atoms with Gasteiger partial charge in [-0.1, -0.05) is 31.5 Å². The summed E-state index contributed by atoms with van der Waals surface area (Å²) in [5.74, 6) is -0.129. The van der Waals surface area contributed by atoms with E-state index in [1.807, 2.05) is 37.8 Å². The van der Waals surface area contributed by atoms with Gasteiger partial charge in [-0.3, -0.25) is 9.59 Å². The van der Waals surface area contributed by atoms with Crippen molar-refractivity contribution < 1.29 is 9.59 Å². The van der Waals surface area contributed by atoms with Crippen molar-refractivity contribution in [3.63, 3.8) is 0 Å². The summed E-state index contributed by atoms with van der Waals surface area (Å²) >= 11 is 0. The van der Waals surface area contributed by atoms with Gasteiger partial charge in [0.25, 0.3) is 5.91 Å². The van der Waals surface area contributed by atoms with Crippen LogP contribution < -0.4 is 10.6 Å². The minimum atomic E-state index is -0.480. The first kappa shape index (κ1) is 16.5. The van der Waals surface area contributed by atoms with Crippen LogP contribution in [0.25, 0.3) is 0 Å². The summed E-state index contributed by atoms with van der Waals surface area (Å²) in [6.07, 6.45) is 0. The van der Waals surface area contributed by atoms with Crippen LogP contribution in [0.4, 0.5) is 0 Å². The SMILES string of the molecule is Cc1ccc(C(=O)NC(C(=O)N2CCNCC2)C(C)C)cc1. The highest BCUT2D eigenvalue weighted by molar-refractivity contribution is 5.97. The molecule has 22 heavy (non-hydrogen) atoms. The summed E-state index contributed by atoms with van der Waals surface area (Å²) in [4.78, 5) is 26.8. The van der Waals surface area contributed by atoms with E-state index in [1.54, 1.807) is 12.1 Å². The molecule has 1 aromatic carbocycles. The van der Waals surface area contributed by atoms with Crippen LogP contribution in [0, 0.1) is 12.8 Å². The molecule has 1 aliphatic heterocycles. The van der Waals surface area contributed by atoms with Gasteiger partial charge in [0.15, 0.2) is 0 Å². The van der Waals surface area contributed by atoms with Crippen LogP contribution in [0.3, 0.4) is 0 Å². The largest absolute Gasteiger partial charge is 0.340 e. The molecule has 0 radical (unpaired) electrons. The van der Waals surface area contributed by atoms with Crippen molar-refractivity contribution in [3.05, 3.63) is 35.4 Å². The third kappa shape index (κ3) is 4.07. The molecule has 1 atom stereocenters. The van der Waals surface area contributed by atoms with E-state index in [0.717, 1.165) is 18.7 Å². The van der Waals surface area contributed by atoms with Gasteiger partial charge < -0.3 is 15.5 Å². The maximum atomic E-state index is 12.6. The molecule has 5 nitrogen and oxygen atoms in total. The Kier molecular flexibility index (Phi) is 5.55. The van der Waals surface area contributed by atoms with Gasteiger partial charge in [0, 0.05) is 31.7 Å². The Morgan fingerprint density at radius 3 is 2.27 bits per heavy atom. The molecule has 1 aromatic rings. The molecule has 2 amide bonds. The zero-order chi connectivity index (χ0) is 16.1. The normalized spacial score (nSPS) is 16.5. The first-order chi connectivity index (χ1) is 10.5. The highest BCUT2D eigenvalue weighted by Gasteiger charge is 2.29. The topological polar surface area (TPSA) is 61.4 Å². The third-order valence-electron chi connectivity index (χ3n) is 3.96. The van der Waals surface area contributed by atoms with Crippen LogP contribution in [0.15, 0.2) is 24.3 Å². The van der Waals surface area contributed by atoms with Crippen LogP contribution in [0.5, 0.6) is 0 Å². The number of rotatable bonds is 4. The van der Waals surface area contributed by atoms with Gasteiger partial charge in [-0.15, -0.1) is 0 Å². The number of nitrogens with one attached hydrogen (secondary N) is 2. The molecule has 1 fully saturated rings. The van der Waals surface area contributed by atoms with Crippen LogP contribution >= 0.6 is 0 Å². The maximum Gasteiger partial charge on any atom is 0.251 e. The molecule has 0 saturated carbocycles. The number of hydrogen-bond donors (Lipinski definition) is 2. The number of aryl methyl sites for hydroxylation is 1. The number of nitrogens with zero attached hydrogens (tertiary/aromatic N) is 1. The third-order valence-corrected chi connectivity index (χ3v) is 3.96. The molecule has 0 aromatic heterocycles. The van der Waals surface area contributed by atoms with Crippen LogP contribution in [0.1, 0.15) is 29.8 Å². The van der Waals surface area contributed by atoms with Gasteiger partial charge in [0.05, 0.1) is 0 Å². The lowest BCUT2D eigenvalue weighted by atomic mass is 10.0. The number of hydrogen-bond acceptors (Lipinski definition) is 3. The van der Waals surface area contributed by atoms with Crippen molar-refractivity contribution in [1.82, 2.24) is 15.5 Å². The molecule has 2 N–H and O–H groups in total. The first-order valence-corrected chi connectivity index (χ1v) is 7.86. The minimum Gasteiger partial charge on any atom is -0.340 e. The Morgan fingerprint density at radius 2 is 1.73 bits per heavy atom. The highest BCUT2D eigenvalue weighted by atomic mass is 16.2. The lowest BCUT2D eigenvalue weighted by Gasteiger charge is -2.32. The summed E-state index contributed by atoms with van der Waals surface area (Å²) in [5, 5.41) is 6.13. The monoisotopic (exact) mass is 303 g/mol. The molecule has 0 bridgehead atoms. The molecule has 120 valence electrons. The van der Waals surface area contributed by atoms with E-state index < -0.39 is 6.04 Å². The van der Waals surface area contributed by atoms with Gasteiger partial charge in [0.2, 0.25) is 5.91 Å². The molecular weight excluding hydrogens is 278 g/mol. The van der Waals surface area contributed by atoms with E-state index in [0.29, 0.717) is 18.7 Å². The second kappa shape index (κ2) is 7.40. The Bertz CT molecular complexity index is 519. The summed E-state index contributed by atoms with van der Waals surface area (Å²) in [6, 6.07) is 6.90. The number of amides is 2. The molecule has 0 spiro atoms. The zero-order valence-corrected chi connectivity index (χ0v) is 13.6. The van der Waals surface area contributed by atoms with Gasteiger partial charge in [-0.05, 0) is 25.0 Å². The lowest BCUT2D eigenvalue weighted by Crippen LogP contribution is -2.55. The number of piperazine rings is 1. The van der Waals surface area contributed by atoms with E-state index in [-0.39, 0.29) is 17.7 Å². The van der Waals surface area contributed by atoms with Crippen molar-refractivity contribution in [1.29, 1.82) is 0 Å². The van der Waals surface area contributed by atoms with Gasteiger partial charge in [-0.25, -0.2) is 0 Å². The van der Waals surface area contributed by atoms with Crippen molar-refractivity contribution in [2.24, 2.45) is 5.92 Å². The Labute approximate surface area is 132 Å². The Morgan fingerprint density at radius 1 is 1.14 bits per heavy atom. The molecule has 0 aliphatic carbocycles. The van der Waals surface area contributed by atoms with Gasteiger partial charge in [-0.2, -0.15) is 0 Å². The van der Waals surface area contributed by atoms with Crippen molar-refractivity contribution in [2.75, 3.05) is 26.2 Å². The van der Waals surface area contributed by atoms with E-state index in [9.17, 15) is 9.59 Å². The average molecular weight is 303 g/mol. The predicted octanol–water partition coefficient (Wildman–Crippen LogP) is 1.18. The Hall–Kier alpha value is -1.88. The second-order valence-corrected chi connectivity index (χ2v) is 6.14. The summed E-state index contributed by atoms with van der Waals surface area (Å²) in [6.45, 7) is 8.91. The van der Waals surface area contributed by atoms with E-state index in [1.165, 1.54) is 0 Å². The first-order valence-electron chi connectivity index (χ1n) is 7.86. The quantitative estimate of drug-likeness (QED) is 0.878. The number of benzene rings is 1. The highest BCUT2D eigenvalue weighted by Crippen LogP contribution is 2.10. The summed E-state index contributed by atoms with van der Waals surface area (Å²) in [5.41, 5.74) is 1.69. The molecular formula is C17H25N3O2. The number of carbonyl (C=O) groups is 2. The minimum absolute atomic E-state index is 0.0111. The van der Waals surface area contributed by atoms with Gasteiger partial charge in [0.1, 0.15) is 6.04 Å². The van der Waals surface area contributed by atoms with Crippen molar-refractivity contribution in [3.8, 4) is 0 Å². The average Bonchev–Trinajstić information content (AvgIpc) is 2.53. The fourth-order valence-electron chi connectivity index (χ4n) is 2.52. The van der Waals surface area contributed by atoms with Crippen LogP contribution in [0.2, 0.25) is 0 Å². The number of carbonyl (C=O) groups excluding carboxylic acids is 2. The lowest BCUT2D eigenvalue weighted by molar-refractivity contribution is -0.134. The van der Waals surface area contributed by atoms with Crippen molar-refractivity contribution >= 4 is 11.8 Å². The molecule has 1 unspecified atom stereocenters. The van der Waals surface area contributed by atoms with Crippen molar-refractivity contribution in [2.45, 2.75) is 26.8 Å². The van der Waals surface area contributed by atoms with Gasteiger partial charge >= 0.3 is 0 Å². The summed E-state index contributed by atoms with van der Waals surface area (Å²) < 4.78 is 0. The molecule has 1 saturated heterocycles. The van der Waals surface area contributed by atoms with Crippen LogP contribution in [-0.4, -0.2) is 48.9 Å². The van der Waals surface area contributed by atoms with E-state index in [4.69, 9.17) is 0 Å². The fourth-order valence-corrected chi connectivity index (χ4v) is 2.52. The van der Waals surface area contributed by atoms with Crippen LogP contribution in [-0.2, 0) is 4.79 Å². The standard InChI is InChI=1S/C17H25N3O2/c1-12(2)15(17(22)20-10-8-18-9-11-20)19-16(21)14-6-4-13(3)5-7-14/h4-7,12,15,18H,8-11H2,1-3H3,(H,19,21). The Balaban J connectivity index is 2.06. The molecule has 2 rings (SSSR count). The van der Waals surface area contributed by atoms with E-state index in [2.05, 4.69) is 10.6 Å². The summed E-state index contributed by atoms with van der Waals surface area (Å²) in [7, 11) is 0. The smallest absolute Gasteiger partial charge is 0.251 e. The molecule has 5 heteroatoms. The fraction of sp³-hybridized carbons (Fsp3) is 0.529. The molecule has 1 aliphatic rings. The second-order valence-electron chi connectivity index (χ2n) is 6.14.